The summed E-state index contributed by atoms with van der Waals surface area (Å²) in [5.74, 6) is 1.31. The van der Waals surface area contributed by atoms with E-state index < -0.39 is 0 Å². The Bertz CT molecular complexity index is 486. The minimum Gasteiger partial charge on any atom is -0.394 e. The number of anilines is 1. The van der Waals surface area contributed by atoms with Crippen LogP contribution in [0.2, 0.25) is 0 Å². The van der Waals surface area contributed by atoms with Crippen molar-refractivity contribution in [3.05, 3.63) is 29.8 Å². The van der Waals surface area contributed by atoms with Crippen LogP contribution >= 0.6 is 0 Å². The van der Waals surface area contributed by atoms with E-state index in [0.717, 1.165) is 19.6 Å². The van der Waals surface area contributed by atoms with Gasteiger partial charge in [0.2, 0.25) is 0 Å². The average molecular weight is 288 g/mol. The predicted molar refractivity (Wildman–Crippen MR) is 87.7 cm³/mol. The minimum atomic E-state index is -0.126. The summed E-state index contributed by atoms with van der Waals surface area (Å²) in [6.07, 6.45) is 3.67. The molecule has 21 heavy (non-hydrogen) atoms. The smallest absolute Gasteiger partial charge is 0.0633 e. The van der Waals surface area contributed by atoms with E-state index in [-0.39, 0.29) is 12.1 Å². The van der Waals surface area contributed by atoms with Crippen LogP contribution in [0.4, 0.5) is 5.69 Å². The maximum absolute atomic E-state index is 10.1. The second kappa shape index (κ2) is 5.98. The zero-order valence-electron chi connectivity index (χ0n) is 13.3. The number of nitrogens with one attached hydrogen (secondary N) is 1. The average Bonchev–Trinajstić information content (AvgIpc) is 3.31. The summed E-state index contributed by atoms with van der Waals surface area (Å²) in [6, 6.07) is 8.76. The van der Waals surface area contributed by atoms with Gasteiger partial charge in [0.1, 0.15) is 0 Å². The van der Waals surface area contributed by atoms with E-state index in [1.165, 1.54) is 30.5 Å². The number of benzene rings is 1. The zero-order valence-corrected chi connectivity index (χ0v) is 13.3. The van der Waals surface area contributed by atoms with E-state index in [9.17, 15) is 5.11 Å². The number of fused-ring (bicyclic) bond motifs is 1. The number of likely N-dealkylation sites (N-methyl/N-ethyl adjacent to an activating group) is 1. The molecule has 0 amide bonds. The van der Waals surface area contributed by atoms with E-state index >= 15 is 0 Å². The van der Waals surface area contributed by atoms with Gasteiger partial charge in [-0.3, -0.25) is 0 Å². The monoisotopic (exact) mass is 288 g/mol. The van der Waals surface area contributed by atoms with Crippen molar-refractivity contribution >= 4 is 5.69 Å². The molecule has 1 aromatic carbocycles. The molecule has 3 heteroatoms. The van der Waals surface area contributed by atoms with Crippen LogP contribution in [0.5, 0.6) is 0 Å². The molecule has 1 heterocycles. The molecule has 2 atom stereocenters. The van der Waals surface area contributed by atoms with Gasteiger partial charge in [0.25, 0.3) is 0 Å². The van der Waals surface area contributed by atoms with Crippen molar-refractivity contribution in [1.29, 1.82) is 0 Å². The third-order valence-corrected chi connectivity index (χ3v) is 5.08. The Kier molecular flexibility index (Phi) is 4.23. The number of aliphatic hydroxyl groups is 1. The van der Waals surface area contributed by atoms with Gasteiger partial charge in [-0.05, 0) is 49.3 Å². The number of para-hydroxylation sites is 1. The third-order valence-electron chi connectivity index (χ3n) is 5.08. The fourth-order valence-corrected chi connectivity index (χ4v) is 3.95. The number of hydrogen-bond donors (Lipinski definition) is 2. The molecular weight excluding hydrogens is 260 g/mol. The summed E-state index contributed by atoms with van der Waals surface area (Å²) in [5, 5.41) is 13.7. The van der Waals surface area contributed by atoms with Gasteiger partial charge < -0.3 is 15.3 Å². The molecule has 0 radical (unpaired) electrons. The van der Waals surface area contributed by atoms with Gasteiger partial charge in [0.05, 0.1) is 12.1 Å². The van der Waals surface area contributed by atoms with Crippen molar-refractivity contribution in [1.82, 2.24) is 5.32 Å². The summed E-state index contributed by atoms with van der Waals surface area (Å²) < 4.78 is 0. The number of aliphatic hydroxyl groups excluding tert-OH is 1. The summed E-state index contributed by atoms with van der Waals surface area (Å²) in [5.41, 5.74) is 2.70. The SMILES string of the molecule is CCNC(CO)(CN1CC(C)Cc2ccccc21)C1CC1. The van der Waals surface area contributed by atoms with Crippen LogP contribution in [-0.4, -0.2) is 36.9 Å². The summed E-state index contributed by atoms with van der Waals surface area (Å²) >= 11 is 0. The highest BCUT2D eigenvalue weighted by molar-refractivity contribution is 5.56. The highest BCUT2D eigenvalue weighted by atomic mass is 16.3. The fourth-order valence-electron chi connectivity index (χ4n) is 3.95. The molecular formula is C18H28N2O. The van der Waals surface area contributed by atoms with E-state index in [0.29, 0.717) is 11.8 Å². The lowest BCUT2D eigenvalue weighted by Crippen LogP contribution is -2.59. The van der Waals surface area contributed by atoms with Crippen molar-refractivity contribution in [2.45, 2.75) is 38.6 Å². The maximum atomic E-state index is 10.1. The van der Waals surface area contributed by atoms with Crippen molar-refractivity contribution in [3.63, 3.8) is 0 Å². The van der Waals surface area contributed by atoms with Crippen molar-refractivity contribution in [2.24, 2.45) is 11.8 Å². The quantitative estimate of drug-likeness (QED) is 0.844. The molecule has 3 rings (SSSR count). The van der Waals surface area contributed by atoms with Crippen LogP contribution in [0.1, 0.15) is 32.3 Å². The van der Waals surface area contributed by atoms with Crippen LogP contribution in [0.15, 0.2) is 24.3 Å². The molecule has 1 aliphatic carbocycles. The Morgan fingerprint density at radius 2 is 2.10 bits per heavy atom. The summed E-state index contributed by atoms with van der Waals surface area (Å²) in [4.78, 5) is 2.50. The second-order valence-corrected chi connectivity index (χ2v) is 6.94. The van der Waals surface area contributed by atoms with Crippen LogP contribution in [-0.2, 0) is 6.42 Å². The molecule has 0 spiro atoms. The molecule has 1 aromatic rings. The predicted octanol–water partition coefficient (Wildman–Crippen LogP) is 2.44. The van der Waals surface area contributed by atoms with Gasteiger partial charge in [-0.1, -0.05) is 32.0 Å². The first kappa shape index (κ1) is 14.9. The normalized spacial score (nSPS) is 24.5. The molecule has 1 fully saturated rings. The first-order valence-corrected chi connectivity index (χ1v) is 8.37. The third kappa shape index (κ3) is 2.95. The first-order chi connectivity index (χ1) is 10.2. The van der Waals surface area contributed by atoms with Gasteiger partial charge in [0, 0.05) is 18.8 Å². The van der Waals surface area contributed by atoms with Crippen molar-refractivity contribution < 1.29 is 5.11 Å². The molecule has 0 bridgehead atoms. The lowest BCUT2D eigenvalue weighted by atomic mass is 9.89. The van der Waals surface area contributed by atoms with E-state index in [2.05, 4.69) is 48.3 Å². The Labute approximate surface area is 128 Å². The Balaban J connectivity index is 1.85. The lowest BCUT2D eigenvalue weighted by Gasteiger charge is -2.43. The van der Waals surface area contributed by atoms with Gasteiger partial charge in [-0.2, -0.15) is 0 Å². The number of nitrogens with zero attached hydrogens (tertiary/aromatic N) is 1. The van der Waals surface area contributed by atoms with Crippen LogP contribution in [0.3, 0.4) is 0 Å². The molecule has 2 aliphatic rings. The van der Waals surface area contributed by atoms with Crippen LogP contribution in [0.25, 0.3) is 0 Å². The van der Waals surface area contributed by atoms with Crippen LogP contribution in [0, 0.1) is 11.8 Å². The van der Waals surface area contributed by atoms with Crippen molar-refractivity contribution in [3.8, 4) is 0 Å². The number of hydrogen-bond acceptors (Lipinski definition) is 3. The molecule has 2 unspecified atom stereocenters. The lowest BCUT2D eigenvalue weighted by molar-refractivity contribution is 0.144. The molecule has 1 aliphatic heterocycles. The van der Waals surface area contributed by atoms with Gasteiger partial charge in [0.15, 0.2) is 0 Å². The Morgan fingerprint density at radius 3 is 2.76 bits per heavy atom. The maximum Gasteiger partial charge on any atom is 0.0633 e. The molecule has 116 valence electrons. The summed E-state index contributed by atoms with van der Waals surface area (Å²) in [7, 11) is 0. The first-order valence-electron chi connectivity index (χ1n) is 8.37. The van der Waals surface area contributed by atoms with Gasteiger partial charge in [-0.25, -0.2) is 0 Å². The van der Waals surface area contributed by atoms with Gasteiger partial charge in [-0.15, -0.1) is 0 Å². The summed E-state index contributed by atoms with van der Waals surface area (Å²) in [6.45, 7) is 7.63. The van der Waals surface area contributed by atoms with E-state index in [4.69, 9.17) is 0 Å². The highest BCUT2D eigenvalue weighted by Gasteiger charge is 2.45. The Morgan fingerprint density at radius 1 is 1.33 bits per heavy atom. The minimum absolute atomic E-state index is 0.126. The second-order valence-electron chi connectivity index (χ2n) is 6.94. The Hall–Kier alpha value is -1.06. The van der Waals surface area contributed by atoms with Crippen molar-refractivity contribution in [2.75, 3.05) is 31.1 Å². The molecule has 0 saturated heterocycles. The van der Waals surface area contributed by atoms with E-state index in [1.54, 1.807) is 0 Å². The molecule has 1 saturated carbocycles. The highest BCUT2D eigenvalue weighted by Crippen LogP contribution is 2.41. The van der Waals surface area contributed by atoms with Crippen LogP contribution < -0.4 is 10.2 Å². The zero-order chi connectivity index (χ0) is 14.9. The topological polar surface area (TPSA) is 35.5 Å². The van der Waals surface area contributed by atoms with Gasteiger partial charge >= 0.3 is 0 Å². The van der Waals surface area contributed by atoms with E-state index in [1.807, 2.05) is 0 Å². The molecule has 0 aromatic heterocycles. The number of rotatable bonds is 6. The molecule has 2 N–H and O–H groups in total. The molecule has 3 nitrogen and oxygen atoms in total. The largest absolute Gasteiger partial charge is 0.394 e. The fraction of sp³-hybridized carbons (Fsp3) is 0.667. The standard InChI is InChI=1S/C18H28N2O/c1-3-19-18(13-21,16-8-9-16)12-20-11-14(2)10-15-6-4-5-7-17(15)20/h4-7,14,16,19,21H,3,8-13H2,1-2H3.